The third kappa shape index (κ3) is 3.93. The van der Waals surface area contributed by atoms with Crippen molar-refractivity contribution in [1.82, 2.24) is 9.97 Å². The predicted octanol–water partition coefficient (Wildman–Crippen LogP) is 3.66. The molecule has 2 aromatic carbocycles. The first-order valence-corrected chi connectivity index (χ1v) is 8.22. The first kappa shape index (κ1) is 16.1. The third-order valence-electron chi connectivity index (χ3n) is 3.76. The van der Waals surface area contributed by atoms with E-state index >= 15 is 0 Å². The van der Waals surface area contributed by atoms with Crippen molar-refractivity contribution in [2.45, 2.75) is 19.8 Å². The Hall–Kier alpha value is -2.82. The van der Waals surface area contributed by atoms with E-state index in [0.717, 1.165) is 48.5 Å². The van der Waals surface area contributed by atoms with Crippen molar-refractivity contribution in [3.63, 3.8) is 0 Å². The molecule has 1 heterocycles. The predicted molar refractivity (Wildman–Crippen MR) is 98.4 cm³/mol. The van der Waals surface area contributed by atoms with Crippen LogP contribution in [-0.4, -0.2) is 23.1 Å². The van der Waals surface area contributed by atoms with Gasteiger partial charge in [-0.1, -0.05) is 19.1 Å². The average Bonchev–Trinajstić information content (AvgIpc) is 2.61. The molecule has 124 valence electrons. The fourth-order valence-corrected chi connectivity index (χ4v) is 2.51. The van der Waals surface area contributed by atoms with Crippen LogP contribution in [0, 0.1) is 0 Å². The molecule has 0 saturated carbocycles. The Kier molecular flexibility index (Phi) is 5.11. The number of fused-ring (bicyclic) bond motifs is 1. The molecule has 0 unspecified atom stereocenters. The van der Waals surface area contributed by atoms with Gasteiger partial charge >= 0.3 is 0 Å². The van der Waals surface area contributed by atoms with Gasteiger partial charge in [-0.25, -0.2) is 9.97 Å². The number of benzene rings is 2. The van der Waals surface area contributed by atoms with Gasteiger partial charge in [0.1, 0.15) is 17.9 Å². The standard InChI is InChI=1S/C19H22N4O/c1-2-11-24-16-6-3-14(4-7-16)9-10-21-19-17-12-15(20)5-8-18(17)22-13-23-19/h3-8,12-13H,2,9-11,20H2,1H3,(H,21,22,23). The SMILES string of the molecule is CCCOc1ccc(CCNc2ncnc3ccc(N)cc23)cc1. The summed E-state index contributed by atoms with van der Waals surface area (Å²) >= 11 is 0. The largest absolute Gasteiger partial charge is 0.494 e. The number of aromatic nitrogens is 2. The highest BCUT2D eigenvalue weighted by atomic mass is 16.5. The quantitative estimate of drug-likeness (QED) is 0.650. The van der Waals surface area contributed by atoms with E-state index < -0.39 is 0 Å². The summed E-state index contributed by atoms with van der Waals surface area (Å²) in [6, 6.07) is 13.9. The van der Waals surface area contributed by atoms with Crippen molar-refractivity contribution in [3.8, 4) is 5.75 Å². The van der Waals surface area contributed by atoms with Crippen LogP contribution < -0.4 is 15.8 Å². The maximum absolute atomic E-state index is 5.87. The number of hydrogen-bond donors (Lipinski definition) is 2. The number of ether oxygens (including phenoxy) is 1. The zero-order valence-corrected chi connectivity index (χ0v) is 13.8. The lowest BCUT2D eigenvalue weighted by atomic mass is 10.1. The molecule has 1 aromatic heterocycles. The Morgan fingerprint density at radius 1 is 1.08 bits per heavy atom. The Labute approximate surface area is 141 Å². The molecule has 3 N–H and O–H groups in total. The number of nitrogens with two attached hydrogens (primary N) is 1. The number of nitrogens with one attached hydrogen (secondary N) is 1. The molecule has 0 radical (unpaired) electrons. The maximum atomic E-state index is 5.87. The summed E-state index contributed by atoms with van der Waals surface area (Å²) in [7, 11) is 0. The van der Waals surface area contributed by atoms with Gasteiger partial charge in [0.05, 0.1) is 12.1 Å². The zero-order chi connectivity index (χ0) is 16.8. The Morgan fingerprint density at radius 3 is 2.71 bits per heavy atom. The lowest BCUT2D eigenvalue weighted by Gasteiger charge is -2.09. The number of nitrogen functional groups attached to an aromatic ring is 1. The van der Waals surface area contributed by atoms with Crippen LogP contribution in [0.1, 0.15) is 18.9 Å². The smallest absolute Gasteiger partial charge is 0.137 e. The molecule has 3 rings (SSSR count). The molecule has 5 nitrogen and oxygen atoms in total. The zero-order valence-electron chi connectivity index (χ0n) is 13.8. The molecule has 0 atom stereocenters. The monoisotopic (exact) mass is 322 g/mol. The van der Waals surface area contributed by atoms with E-state index in [1.54, 1.807) is 6.33 Å². The van der Waals surface area contributed by atoms with Crippen molar-refractivity contribution >= 4 is 22.4 Å². The van der Waals surface area contributed by atoms with Gasteiger partial charge in [-0.2, -0.15) is 0 Å². The first-order chi connectivity index (χ1) is 11.8. The van der Waals surface area contributed by atoms with Crippen molar-refractivity contribution in [3.05, 3.63) is 54.4 Å². The summed E-state index contributed by atoms with van der Waals surface area (Å²) in [4.78, 5) is 8.59. The molecule has 0 aliphatic carbocycles. The fourth-order valence-electron chi connectivity index (χ4n) is 2.51. The van der Waals surface area contributed by atoms with Gasteiger partial charge in [0.25, 0.3) is 0 Å². The van der Waals surface area contributed by atoms with Gasteiger partial charge in [0, 0.05) is 17.6 Å². The van der Waals surface area contributed by atoms with Crippen LogP contribution in [0.5, 0.6) is 5.75 Å². The summed E-state index contributed by atoms with van der Waals surface area (Å²) in [6.45, 7) is 3.64. The molecular weight excluding hydrogens is 300 g/mol. The van der Waals surface area contributed by atoms with Gasteiger partial charge in [0.2, 0.25) is 0 Å². The Bertz CT molecular complexity index is 802. The van der Waals surface area contributed by atoms with E-state index in [-0.39, 0.29) is 0 Å². The van der Waals surface area contributed by atoms with Crippen molar-refractivity contribution in [1.29, 1.82) is 0 Å². The van der Waals surface area contributed by atoms with Gasteiger partial charge in [-0.15, -0.1) is 0 Å². The van der Waals surface area contributed by atoms with Crippen LogP contribution in [0.3, 0.4) is 0 Å². The third-order valence-corrected chi connectivity index (χ3v) is 3.76. The minimum Gasteiger partial charge on any atom is -0.494 e. The van der Waals surface area contributed by atoms with E-state index in [0.29, 0.717) is 5.69 Å². The minimum absolute atomic E-state index is 0.711. The molecule has 0 aliphatic rings. The number of nitrogens with zero attached hydrogens (tertiary/aromatic N) is 2. The molecule has 24 heavy (non-hydrogen) atoms. The van der Waals surface area contributed by atoms with Crippen LogP contribution in [-0.2, 0) is 6.42 Å². The normalized spacial score (nSPS) is 10.7. The van der Waals surface area contributed by atoms with E-state index in [2.05, 4.69) is 34.3 Å². The van der Waals surface area contributed by atoms with E-state index in [9.17, 15) is 0 Å². The summed E-state index contributed by atoms with van der Waals surface area (Å²) < 4.78 is 5.60. The molecule has 0 fully saturated rings. The van der Waals surface area contributed by atoms with Gasteiger partial charge in [-0.3, -0.25) is 0 Å². The van der Waals surface area contributed by atoms with Gasteiger partial charge < -0.3 is 15.8 Å². The number of rotatable bonds is 7. The Balaban J connectivity index is 1.61. The van der Waals surface area contributed by atoms with Crippen molar-refractivity contribution < 1.29 is 4.74 Å². The maximum Gasteiger partial charge on any atom is 0.137 e. The minimum atomic E-state index is 0.711. The number of hydrogen-bond acceptors (Lipinski definition) is 5. The van der Waals surface area contributed by atoms with Crippen LogP contribution in [0.2, 0.25) is 0 Å². The molecule has 3 aromatic rings. The van der Waals surface area contributed by atoms with Crippen LogP contribution in [0.4, 0.5) is 11.5 Å². The highest BCUT2D eigenvalue weighted by Gasteiger charge is 2.04. The molecule has 0 aliphatic heterocycles. The Morgan fingerprint density at radius 2 is 1.92 bits per heavy atom. The molecule has 0 saturated heterocycles. The highest BCUT2D eigenvalue weighted by molar-refractivity contribution is 5.91. The summed E-state index contributed by atoms with van der Waals surface area (Å²) in [5.41, 5.74) is 8.72. The topological polar surface area (TPSA) is 73.1 Å². The van der Waals surface area contributed by atoms with E-state index in [4.69, 9.17) is 10.5 Å². The number of anilines is 2. The van der Waals surface area contributed by atoms with Crippen LogP contribution in [0.15, 0.2) is 48.8 Å². The molecule has 5 heteroatoms. The second kappa shape index (κ2) is 7.64. The lowest BCUT2D eigenvalue weighted by molar-refractivity contribution is 0.317. The molecule has 0 amide bonds. The lowest BCUT2D eigenvalue weighted by Crippen LogP contribution is -2.07. The van der Waals surface area contributed by atoms with Crippen molar-refractivity contribution in [2.75, 3.05) is 24.2 Å². The summed E-state index contributed by atoms with van der Waals surface area (Å²) in [5, 5.41) is 4.32. The van der Waals surface area contributed by atoms with Crippen molar-refractivity contribution in [2.24, 2.45) is 0 Å². The summed E-state index contributed by atoms with van der Waals surface area (Å²) in [6.07, 6.45) is 3.49. The molecular formula is C19H22N4O. The van der Waals surface area contributed by atoms with E-state index in [1.165, 1.54) is 5.56 Å². The van der Waals surface area contributed by atoms with Gasteiger partial charge in [-0.05, 0) is 48.7 Å². The van der Waals surface area contributed by atoms with E-state index in [1.807, 2.05) is 30.3 Å². The first-order valence-electron chi connectivity index (χ1n) is 8.22. The van der Waals surface area contributed by atoms with Crippen LogP contribution >= 0.6 is 0 Å². The second-order valence-corrected chi connectivity index (χ2v) is 5.67. The average molecular weight is 322 g/mol. The highest BCUT2D eigenvalue weighted by Crippen LogP contribution is 2.21. The summed E-state index contributed by atoms with van der Waals surface area (Å²) in [5.74, 6) is 1.74. The molecule has 0 spiro atoms. The second-order valence-electron chi connectivity index (χ2n) is 5.67. The van der Waals surface area contributed by atoms with Gasteiger partial charge in [0.15, 0.2) is 0 Å². The van der Waals surface area contributed by atoms with Crippen LogP contribution in [0.25, 0.3) is 10.9 Å². The fraction of sp³-hybridized carbons (Fsp3) is 0.263. The molecule has 0 bridgehead atoms.